The second-order valence-corrected chi connectivity index (χ2v) is 7.80. The van der Waals surface area contributed by atoms with Crippen LogP contribution >= 0.6 is 0 Å². The topological polar surface area (TPSA) is 99.6 Å². The fraction of sp³-hybridized carbons (Fsp3) is 0.400. The SMILES string of the molecule is C[C@@H](NC(=O)c1ccc2c(n1)N(C(=O)Nc1cccn(C)c1=O)C1CCN2C1)C(F)(F)F. The molecule has 0 aliphatic carbocycles. The highest BCUT2D eigenvalue weighted by Crippen LogP contribution is 2.39. The number of aryl methyl sites for hydroxylation is 1. The minimum atomic E-state index is -4.59. The molecule has 0 aromatic carbocycles. The maximum atomic E-state index is 13.1. The molecule has 2 aromatic rings. The van der Waals surface area contributed by atoms with Gasteiger partial charge in [-0.05, 0) is 37.6 Å². The molecule has 2 atom stereocenters. The largest absolute Gasteiger partial charge is 0.408 e. The van der Waals surface area contributed by atoms with Crippen molar-refractivity contribution in [2.75, 3.05) is 28.2 Å². The summed E-state index contributed by atoms with van der Waals surface area (Å²) in [6.45, 7) is 2.04. The molecule has 2 aromatic heterocycles. The number of amides is 3. The fourth-order valence-corrected chi connectivity index (χ4v) is 3.82. The Kier molecular flexibility index (Phi) is 5.31. The van der Waals surface area contributed by atoms with Crippen LogP contribution in [0.5, 0.6) is 0 Å². The molecule has 4 rings (SSSR count). The fourth-order valence-electron chi connectivity index (χ4n) is 3.82. The highest BCUT2D eigenvalue weighted by Gasteiger charge is 2.41. The van der Waals surface area contributed by atoms with Crippen molar-refractivity contribution in [3.05, 3.63) is 46.5 Å². The molecule has 0 saturated carbocycles. The summed E-state index contributed by atoms with van der Waals surface area (Å²) in [5.74, 6) is -0.834. The summed E-state index contributed by atoms with van der Waals surface area (Å²) in [5, 5.41) is 4.47. The van der Waals surface area contributed by atoms with Crippen LogP contribution in [0.4, 0.5) is 35.2 Å². The predicted octanol–water partition coefficient (Wildman–Crippen LogP) is 2.09. The molecule has 2 N–H and O–H groups in total. The van der Waals surface area contributed by atoms with E-state index in [1.807, 2.05) is 10.2 Å². The second-order valence-electron chi connectivity index (χ2n) is 7.80. The van der Waals surface area contributed by atoms with Crippen molar-refractivity contribution in [1.82, 2.24) is 14.9 Å². The third kappa shape index (κ3) is 3.87. The van der Waals surface area contributed by atoms with Crippen molar-refractivity contribution in [2.45, 2.75) is 31.6 Å². The molecule has 0 radical (unpaired) electrons. The molecule has 1 fully saturated rings. The normalized spacial score (nSPS) is 18.2. The summed E-state index contributed by atoms with van der Waals surface area (Å²) in [5.41, 5.74) is 0.0364. The van der Waals surface area contributed by atoms with E-state index in [0.717, 1.165) is 6.92 Å². The van der Waals surface area contributed by atoms with E-state index in [2.05, 4.69) is 10.3 Å². The summed E-state index contributed by atoms with van der Waals surface area (Å²) >= 11 is 0. The molecule has 2 aliphatic heterocycles. The molecule has 3 amide bonds. The van der Waals surface area contributed by atoms with Gasteiger partial charge in [-0.15, -0.1) is 0 Å². The Morgan fingerprint density at radius 3 is 2.72 bits per heavy atom. The van der Waals surface area contributed by atoms with Gasteiger partial charge in [-0.2, -0.15) is 13.2 Å². The summed E-state index contributed by atoms with van der Waals surface area (Å²) in [6.07, 6.45) is -2.40. The van der Waals surface area contributed by atoms with E-state index in [9.17, 15) is 27.6 Å². The van der Waals surface area contributed by atoms with Gasteiger partial charge in [0.2, 0.25) is 0 Å². The van der Waals surface area contributed by atoms with Gasteiger partial charge in [-0.1, -0.05) is 0 Å². The summed E-state index contributed by atoms with van der Waals surface area (Å²) in [6, 6.07) is 3.08. The van der Waals surface area contributed by atoms with E-state index in [-0.39, 0.29) is 23.2 Å². The number of hydrogen-bond acceptors (Lipinski definition) is 5. The summed E-state index contributed by atoms with van der Waals surface area (Å²) in [4.78, 5) is 45.4. The zero-order chi connectivity index (χ0) is 23.2. The van der Waals surface area contributed by atoms with Crippen LogP contribution in [0, 0.1) is 0 Å². The number of hydrogen-bond donors (Lipinski definition) is 2. The van der Waals surface area contributed by atoms with Gasteiger partial charge in [-0.25, -0.2) is 9.78 Å². The van der Waals surface area contributed by atoms with Crippen LogP contribution in [0.3, 0.4) is 0 Å². The van der Waals surface area contributed by atoms with Crippen molar-refractivity contribution in [3.63, 3.8) is 0 Å². The van der Waals surface area contributed by atoms with E-state index in [0.29, 0.717) is 25.2 Å². The van der Waals surface area contributed by atoms with Crippen LogP contribution in [0.2, 0.25) is 0 Å². The number of halogens is 3. The molecule has 4 heterocycles. The van der Waals surface area contributed by atoms with Gasteiger partial charge in [0.25, 0.3) is 11.5 Å². The Labute approximate surface area is 180 Å². The van der Waals surface area contributed by atoms with Crippen LogP contribution < -0.4 is 26.0 Å². The molecule has 2 aliphatic rings. The number of aromatic nitrogens is 2. The lowest BCUT2D eigenvalue weighted by Gasteiger charge is -2.35. The van der Waals surface area contributed by atoms with Gasteiger partial charge in [0.05, 0.1) is 11.7 Å². The number of alkyl halides is 3. The Bertz CT molecular complexity index is 1130. The van der Waals surface area contributed by atoms with E-state index in [1.165, 1.54) is 21.6 Å². The number of pyridine rings is 2. The van der Waals surface area contributed by atoms with Crippen molar-refractivity contribution >= 4 is 29.1 Å². The first kappa shape index (κ1) is 21.7. The molecule has 1 saturated heterocycles. The van der Waals surface area contributed by atoms with Crippen LogP contribution in [0.25, 0.3) is 0 Å². The molecule has 12 heteroatoms. The van der Waals surface area contributed by atoms with E-state index >= 15 is 0 Å². The molecule has 2 bridgehead atoms. The average Bonchev–Trinajstić information content (AvgIpc) is 3.14. The van der Waals surface area contributed by atoms with E-state index in [1.54, 1.807) is 25.4 Å². The van der Waals surface area contributed by atoms with Gasteiger partial charge in [-0.3, -0.25) is 14.5 Å². The number of anilines is 3. The van der Waals surface area contributed by atoms with Crippen LogP contribution in [0.1, 0.15) is 23.8 Å². The Morgan fingerprint density at radius 1 is 1.25 bits per heavy atom. The minimum Gasteiger partial charge on any atom is -0.366 e. The van der Waals surface area contributed by atoms with Gasteiger partial charge in [0.15, 0.2) is 5.82 Å². The maximum Gasteiger partial charge on any atom is 0.408 e. The van der Waals surface area contributed by atoms with Crippen LogP contribution in [-0.2, 0) is 7.05 Å². The van der Waals surface area contributed by atoms with Gasteiger partial charge < -0.3 is 20.1 Å². The third-order valence-electron chi connectivity index (χ3n) is 5.61. The Hall–Kier alpha value is -3.57. The average molecular weight is 450 g/mol. The number of rotatable bonds is 3. The number of nitrogens with zero attached hydrogens (tertiary/aromatic N) is 4. The van der Waals surface area contributed by atoms with Gasteiger partial charge >= 0.3 is 12.2 Å². The lowest BCUT2D eigenvalue weighted by atomic mass is 10.1. The van der Waals surface area contributed by atoms with Crippen molar-refractivity contribution in [2.24, 2.45) is 7.05 Å². The lowest BCUT2D eigenvalue weighted by Crippen LogP contribution is -2.49. The smallest absolute Gasteiger partial charge is 0.366 e. The van der Waals surface area contributed by atoms with Crippen molar-refractivity contribution < 1.29 is 22.8 Å². The summed E-state index contributed by atoms with van der Waals surface area (Å²) < 4.78 is 39.8. The molecular weight excluding hydrogens is 429 g/mol. The van der Waals surface area contributed by atoms with E-state index in [4.69, 9.17) is 0 Å². The number of nitrogens with one attached hydrogen (secondary N) is 2. The molecule has 9 nitrogen and oxygen atoms in total. The molecule has 170 valence electrons. The van der Waals surface area contributed by atoms with Gasteiger partial charge in [0, 0.05) is 26.3 Å². The van der Waals surface area contributed by atoms with Gasteiger partial charge in [0.1, 0.15) is 17.4 Å². The summed E-state index contributed by atoms with van der Waals surface area (Å²) in [7, 11) is 1.55. The number of fused-ring (bicyclic) bond motifs is 4. The number of carbonyl (C=O) groups is 2. The second kappa shape index (κ2) is 7.84. The van der Waals surface area contributed by atoms with Crippen LogP contribution in [-0.4, -0.2) is 52.8 Å². The maximum absolute atomic E-state index is 13.1. The first-order chi connectivity index (χ1) is 15.1. The highest BCUT2D eigenvalue weighted by atomic mass is 19.4. The monoisotopic (exact) mass is 450 g/mol. The minimum absolute atomic E-state index is 0.0786. The van der Waals surface area contributed by atoms with Crippen molar-refractivity contribution in [1.29, 1.82) is 0 Å². The third-order valence-corrected chi connectivity index (χ3v) is 5.61. The standard InChI is InChI=1S/C20H21F3N6O3/c1-11(20(21,22)23)24-17(30)13-5-6-15-16(25-13)29(12-7-9-28(15)10-12)19(32)26-14-4-3-8-27(2)18(14)31/h3-6,8,11-12H,7,9-10H2,1-2H3,(H,24,30)(H,26,32)/t11-,12?/m1/s1. The number of urea groups is 1. The lowest BCUT2D eigenvalue weighted by molar-refractivity contribution is -0.149. The first-order valence-electron chi connectivity index (χ1n) is 9.95. The quantitative estimate of drug-likeness (QED) is 0.746. The Balaban J connectivity index is 1.65. The molecule has 32 heavy (non-hydrogen) atoms. The Morgan fingerprint density at radius 2 is 2.00 bits per heavy atom. The predicted molar refractivity (Wildman–Crippen MR) is 111 cm³/mol. The molecule has 1 unspecified atom stereocenters. The zero-order valence-corrected chi connectivity index (χ0v) is 17.3. The molecular formula is C20H21F3N6O3. The number of carbonyl (C=O) groups excluding carboxylic acids is 2. The molecule has 0 spiro atoms. The first-order valence-corrected chi connectivity index (χ1v) is 9.95. The van der Waals surface area contributed by atoms with Crippen molar-refractivity contribution in [3.8, 4) is 0 Å². The van der Waals surface area contributed by atoms with E-state index < -0.39 is 29.7 Å². The van der Waals surface area contributed by atoms with Crippen LogP contribution in [0.15, 0.2) is 35.3 Å². The highest BCUT2D eigenvalue weighted by molar-refractivity contribution is 6.05. The zero-order valence-electron chi connectivity index (χ0n) is 17.3.